The van der Waals surface area contributed by atoms with Gasteiger partial charge in [0, 0.05) is 17.4 Å². The summed E-state index contributed by atoms with van der Waals surface area (Å²) in [5.41, 5.74) is 8.04. The number of nitrogen functional groups attached to an aromatic ring is 1. The van der Waals surface area contributed by atoms with Crippen molar-refractivity contribution in [2.24, 2.45) is 0 Å². The minimum absolute atomic E-state index is 0.725. The highest BCUT2D eigenvalue weighted by Crippen LogP contribution is 2.04. The molecule has 2 rings (SSSR count). The molecular weight excluding hydrogens is 184 g/mol. The zero-order valence-corrected chi connectivity index (χ0v) is 8.14. The van der Waals surface area contributed by atoms with Crippen molar-refractivity contribution in [2.45, 2.75) is 0 Å². The van der Waals surface area contributed by atoms with Gasteiger partial charge in [0.25, 0.3) is 0 Å². The maximum Gasteiger partial charge on any atom is 0.113 e. The van der Waals surface area contributed by atoms with E-state index in [2.05, 4.69) is 16.8 Å². The molecule has 0 fully saturated rings. The van der Waals surface area contributed by atoms with Gasteiger partial charge in [-0.15, -0.1) is 0 Å². The molecule has 0 unspecified atom stereocenters. The fraction of sp³-hybridized carbons (Fsp3) is 0. The molecule has 0 saturated heterocycles. The molecule has 2 heteroatoms. The van der Waals surface area contributed by atoms with Crippen molar-refractivity contribution in [1.29, 1.82) is 0 Å². The molecule has 1 aromatic carbocycles. The van der Waals surface area contributed by atoms with Crippen LogP contribution in [-0.2, 0) is 0 Å². The van der Waals surface area contributed by atoms with Crippen molar-refractivity contribution in [1.82, 2.24) is 4.98 Å². The van der Waals surface area contributed by atoms with Crippen molar-refractivity contribution < 1.29 is 0 Å². The summed E-state index contributed by atoms with van der Waals surface area (Å²) in [7, 11) is 0. The molecule has 0 aliphatic heterocycles. The zero-order valence-electron chi connectivity index (χ0n) is 8.14. The average molecular weight is 194 g/mol. The topological polar surface area (TPSA) is 38.9 Å². The normalized spacial score (nSPS) is 9.07. The number of aromatic nitrogens is 1. The number of benzene rings is 1. The smallest absolute Gasteiger partial charge is 0.113 e. The van der Waals surface area contributed by atoms with E-state index in [-0.39, 0.29) is 0 Å². The summed E-state index contributed by atoms with van der Waals surface area (Å²) in [6.07, 6.45) is 1.73. The van der Waals surface area contributed by atoms with Crippen LogP contribution in [-0.4, -0.2) is 4.98 Å². The number of hydrogen-bond donors (Lipinski definition) is 1. The molecule has 1 heterocycles. The summed E-state index contributed by atoms with van der Waals surface area (Å²) in [6, 6.07) is 13.1. The Kier molecular flexibility index (Phi) is 2.66. The molecule has 0 aliphatic carbocycles. The first-order chi connectivity index (χ1) is 7.34. The van der Waals surface area contributed by atoms with Gasteiger partial charge < -0.3 is 5.73 Å². The molecule has 2 nitrogen and oxygen atoms in total. The van der Waals surface area contributed by atoms with Crippen molar-refractivity contribution in [3.05, 3.63) is 59.9 Å². The van der Waals surface area contributed by atoms with Crippen LogP contribution in [0.1, 0.15) is 11.3 Å². The van der Waals surface area contributed by atoms with E-state index in [4.69, 9.17) is 5.73 Å². The SMILES string of the molecule is Nc1cccc(C#Cc2ccccn2)c1. The molecule has 0 saturated carbocycles. The summed E-state index contributed by atoms with van der Waals surface area (Å²) < 4.78 is 0. The Hall–Kier alpha value is -2.27. The van der Waals surface area contributed by atoms with E-state index in [0.29, 0.717) is 0 Å². The van der Waals surface area contributed by atoms with Crippen molar-refractivity contribution in [3.8, 4) is 11.8 Å². The number of nitrogens with zero attached hydrogens (tertiary/aromatic N) is 1. The van der Waals surface area contributed by atoms with Gasteiger partial charge in [-0.2, -0.15) is 0 Å². The number of pyridine rings is 1. The lowest BCUT2D eigenvalue weighted by Crippen LogP contribution is -1.84. The molecule has 15 heavy (non-hydrogen) atoms. The van der Waals surface area contributed by atoms with Crippen LogP contribution in [0.5, 0.6) is 0 Å². The summed E-state index contributed by atoms with van der Waals surface area (Å²) in [4.78, 5) is 4.11. The van der Waals surface area contributed by atoms with Gasteiger partial charge >= 0.3 is 0 Å². The highest BCUT2D eigenvalue weighted by Gasteiger charge is 1.88. The van der Waals surface area contributed by atoms with E-state index < -0.39 is 0 Å². The predicted molar refractivity (Wildman–Crippen MR) is 61.1 cm³/mol. The Morgan fingerprint density at radius 1 is 1.00 bits per heavy atom. The number of anilines is 1. The Balaban J connectivity index is 2.26. The Morgan fingerprint density at radius 2 is 1.93 bits per heavy atom. The first-order valence-electron chi connectivity index (χ1n) is 4.63. The standard InChI is InChI=1S/C13H10N2/c14-12-5-3-4-11(10-12)7-8-13-6-1-2-9-15-13/h1-6,9-10H,14H2. The van der Waals surface area contributed by atoms with Crippen molar-refractivity contribution in [3.63, 3.8) is 0 Å². The second-order valence-electron chi connectivity index (χ2n) is 3.09. The van der Waals surface area contributed by atoms with E-state index in [1.54, 1.807) is 6.20 Å². The molecule has 0 amide bonds. The fourth-order valence-corrected chi connectivity index (χ4v) is 1.19. The minimum Gasteiger partial charge on any atom is -0.399 e. The molecule has 72 valence electrons. The first-order valence-corrected chi connectivity index (χ1v) is 4.63. The van der Waals surface area contributed by atoms with Crippen LogP contribution in [0.4, 0.5) is 5.69 Å². The van der Waals surface area contributed by atoms with E-state index in [1.165, 1.54) is 0 Å². The average Bonchev–Trinajstić information content (AvgIpc) is 2.28. The van der Waals surface area contributed by atoms with Crippen LogP contribution in [0.2, 0.25) is 0 Å². The monoisotopic (exact) mass is 194 g/mol. The van der Waals surface area contributed by atoms with Gasteiger partial charge in [0.05, 0.1) is 0 Å². The van der Waals surface area contributed by atoms with Gasteiger partial charge in [0.2, 0.25) is 0 Å². The van der Waals surface area contributed by atoms with E-state index in [0.717, 1.165) is 16.9 Å². The number of hydrogen-bond acceptors (Lipinski definition) is 2. The van der Waals surface area contributed by atoms with Gasteiger partial charge in [-0.25, -0.2) is 4.98 Å². The fourth-order valence-electron chi connectivity index (χ4n) is 1.19. The molecule has 0 atom stereocenters. The predicted octanol–water partition coefficient (Wildman–Crippen LogP) is 2.06. The summed E-state index contributed by atoms with van der Waals surface area (Å²) in [5.74, 6) is 5.98. The minimum atomic E-state index is 0.725. The van der Waals surface area contributed by atoms with Crippen LogP contribution < -0.4 is 5.73 Å². The Bertz CT molecular complexity index is 507. The lowest BCUT2D eigenvalue weighted by atomic mass is 10.2. The third-order valence-corrected chi connectivity index (χ3v) is 1.89. The first kappa shape index (κ1) is 9.29. The lowest BCUT2D eigenvalue weighted by molar-refractivity contribution is 1.29. The molecular formula is C13H10N2. The molecule has 0 bridgehead atoms. The lowest BCUT2D eigenvalue weighted by Gasteiger charge is -1.92. The quantitative estimate of drug-likeness (QED) is 0.515. The molecule has 2 N–H and O–H groups in total. The summed E-state index contributed by atoms with van der Waals surface area (Å²) >= 11 is 0. The second-order valence-corrected chi connectivity index (χ2v) is 3.09. The third kappa shape index (κ3) is 2.58. The maximum atomic E-state index is 5.64. The van der Waals surface area contributed by atoms with Crippen molar-refractivity contribution >= 4 is 5.69 Å². The molecule has 0 aliphatic rings. The van der Waals surface area contributed by atoms with Gasteiger partial charge in [-0.05, 0) is 36.3 Å². The Morgan fingerprint density at radius 3 is 2.67 bits per heavy atom. The van der Waals surface area contributed by atoms with E-state index >= 15 is 0 Å². The second kappa shape index (κ2) is 4.30. The zero-order chi connectivity index (χ0) is 10.5. The van der Waals surface area contributed by atoms with E-state index in [9.17, 15) is 0 Å². The summed E-state index contributed by atoms with van der Waals surface area (Å²) in [5, 5.41) is 0. The highest BCUT2D eigenvalue weighted by atomic mass is 14.6. The van der Waals surface area contributed by atoms with Gasteiger partial charge in [0.15, 0.2) is 0 Å². The summed E-state index contributed by atoms with van der Waals surface area (Å²) in [6.45, 7) is 0. The maximum absolute atomic E-state index is 5.64. The van der Waals surface area contributed by atoms with Crippen LogP contribution in [0, 0.1) is 11.8 Å². The largest absolute Gasteiger partial charge is 0.399 e. The highest BCUT2D eigenvalue weighted by molar-refractivity contribution is 5.48. The van der Waals surface area contributed by atoms with Crippen molar-refractivity contribution in [2.75, 3.05) is 5.73 Å². The molecule has 1 aromatic heterocycles. The Labute approximate surface area is 88.8 Å². The van der Waals surface area contributed by atoms with Gasteiger partial charge in [-0.3, -0.25) is 0 Å². The molecule has 2 aromatic rings. The van der Waals surface area contributed by atoms with Crippen LogP contribution in [0.15, 0.2) is 48.7 Å². The number of rotatable bonds is 0. The van der Waals surface area contributed by atoms with Gasteiger partial charge in [0.1, 0.15) is 5.69 Å². The van der Waals surface area contributed by atoms with Crippen LogP contribution in [0.25, 0.3) is 0 Å². The van der Waals surface area contributed by atoms with E-state index in [1.807, 2.05) is 42.5 Å². The van der Waals surface area contributed by atoms with Crippen LogP contribution in [0.3, 0.4) is 0 Å². The molecule has 0 radical (unpaired) electrons. The van der Waals surface area contributed by atoms with Crippen LogP contribution >= 0.6 is 0 Å². The molecule has 0 spiro atoms. The van der Waals surface area contributed by atoms with Gasteiger partial charge in [-0.1, -0.05) is 18.1 Å². The third-order valence-electron chi connectivity index (χ3n) is 1.89. The number of nitrogens with two attached hydrogens (primary N) is 1.